The summed E-state index contributed by atoms with van der Waals surface area (Å²) in [5, 5.41) is 0. The zero-order valence-corrected chi connectivity index (χ0v) is 10.3. The molecule has 0 saturated carbocycles. The van der Waals surface area contributed by atoms with Crippen molar-refractivity contribution in [3.8, 4) is 17.6 Å². The molecular weight excluding hydrogens is 210 g/mol. The first-order valence-electron chi connectivity index (χ1n) is 6.22. The molecule has 0 spiro atoms. The Labute approximate surface area is 103 Å². The van der Waals surface area contributed by atoms with Gasteiger partial charge in [-0.25, -0.2) is 0 Å². The minimum atomic E-state index is 0.178. The van der Waals surface area contributed by atoms with Gasteiger partial charge in [0.2, 0.25) is 0 Å². The Balaban J connectivity index is 2.03. The summed E-state index contributed by atoms with van der Waals surface area (Å²) in [7, 11) is 0. The fraction of sp³-hybridized carbons (Fsp3) is 0.467. The number of rotatable bonds is 3. The molecule has 0 radical (unpaired) electrons. The molecule has 2 rings (SSSR count). The smallest absolute Gasteiger partial charge is 0.119 e. The molecule has 2 heteroatoms. The van der Waals surface area contributed by atoms with Crippen LogP contribution in [-0.4, -0.2) is 6.61 Å². The maximum absolute atomic E-state index is 6.11. The van der Waals surface area contributed by atoms with E-state index in [1.165, 1.54) is 17.5 Å². The van der Waals surface area contributed by atoms with Crippen molar-refractivity contribution >= 4 is 0 Å². The van der Waals surface area contributed by atoms with Crippen LogP contribution in [0, 0.1) is 11.8 Å². The van der Waals surface area contributed by atoms with Crippen molar-refractivity contribution in [1.29, 1.82) is 0 Å². The standard InChI is InChI=1S/C15H19NO/c1-2-3-4-10-17-13-9-8-12-6-5-7-15(16)14(12)11-13/h8-9,11,15H,4-7,10,16H2,1H3. The first-order valence-corrected chi connectivity index (χ1v) is 6.22. The molecule has 0 saturated heterocycles. The maximum atomic E-state index is 6.11. The lowest BCUT2D eigenvalue weighted by Gasteiger charge is -2.22. The summed E-state index contributed by atoms with van der Waals surface area (Å²) >= 11 is 0. The number of hydrogen-bond donors (Lipinski definition) is 1. The highest BCUT2D eigenvalue weighted by Gasteiger charge is 2.16. The Morgan fingerprint density at radius 1 is 1.47 bits per heavy atom. The Bertz CT molecular complexity index is 442. The summed E-state index contributed by atoms with van der Waals surface area (Å²) in [6.07, 6.45) is 4.20. The van der Waals surface area contributed by atoms with Crippen molar-refractivity contribution in [3.63, 3.8) is 0 Å². The molecule has 0 amide bonds. The predicted octanol–water partition coefficient (Wildman–Crippen LogP) is 2.81. The lowest BCUT2D eigenvalue weighted by Crippen LogP contribution is -2.17. The van der Waals surface area contributed by atoms with Crippen molar-refractivity contribution in [1.82, 2.24) is 0 Å². The summed E-state index contributed by atoms with van der Waals surface area (Å²) in [5.41, 5.74) is 8.75. The van der Waals surface area contributed by atoms with Gasteiger partial charge in [-0.2, -0.15) is 0 Å². The minimum Gasteiger partial charge on any atom is -0.493 e. The van der Waals surface area contributed by atoms with Crippen LogP contribution in [0.3, 0.4) is 0 Å². The first-order chi connectivity index (χ1) is 8.31. The van der Waals surface area contributed by atoms with Gasteiger partial charge in [0.25, 0.3) is 0 Å². The number of aryl methyl sites for hydroxylation is 1. The van der Waals surface area contributed by atoms with E-state index in [2.05, 4.69) is 24.0 Å². The molecule has 0 heterocycles. The zero-order valence-electron chi connectivity index (χ0n) is 10.3. The van der Waals surface area contributed by atoms with Gasteiger partial charge in [0, 0.05) is 12.5 Å². The molecule has 1 aromatic carbocycles. The quantitative estimate of drug-likeness (QED) is 0.639. The first kappa shape index (κ1) is 12.0. The second-order valence-corrected chi connectivity index (χ2v) is 4.38. The summed E-state index contributed by atoms with van der Waals surface area (Å²) in [4.78, 5) is 0. The van der Waals surface area contributed by atoms with Crippen LogP contribution >= 0.6 is 0 Å². The average Bonchev–Trinajstić information content (AvgIpc) is 2.36. The molecule has 17 heavy (non-hydrogen) atoms. The topological polar surface area (TPSA) is 35.2 Å². The van der Waals surface area contributed by atoms with Crippen LogP contribution in [0.5, 0.6) is 5.75 Å². The molecule has 1 aliphatic rings. The van der Waals surface area contributed by atoms with Crippen LogP contribution in [0.2, 0.25) is 0 Å². The van der Waals surface area contributed by atoms with Gasteiger partial charge >= 0.3 is 0 Å². The van der Waals surface area contributed by atoms with Gasteiger partial charge < -0.3 is 10.5 Å². The van der Waals surface area contributed by atoms with Crippen molar-refractivity contribution < 1.29 is 4.74 Å². The van der Waals surface area contributed by atoms with Crippen LogP contribution in [0.1, 0.15) is 43.4 Å². The predicted molar refractivity (Wildman–Crippen MR) is 69.9 cm³/mol. The van der Waals surface area contributed by atoms with Crippen molar-refractivity contribution in [2.24, 2.45) is 5.73 Å². The molecule has 0 fully saturated rings. The van der Waals surface area contributed by atoms with Crippen LogP contribution in [0.15, 0.2) is 18.2 Å². The third-order valence-electron chi connectivity index (χ3n) is 3.15. The van der Waals surface area contributed by atoms with Crippen molar-refractivity contribution in [2.45, 2.75) is 38.6 Å². The molecule has 0 aliphatic heterocycles. The Morgan fingerprint density at radius 2 is 2.35 bits per heavy atom. The van der Waals surface area contributed by atoms with E-state index in [0.29, 0.717) is 6.61 Å². The Hall–Kier alpha value is -1.46. The number of nitrogens with two attached hydrogens (primary N) is 1. The van der Waals surface area contributed by atoms with E-state index in [1.807, 2.05) is 13.0 Å². The molecule has 1 atom stereocenters. The summed E-state index contributed by atoms with van der Waals surface area (Å²) < 4.78 is 5.66. The van der Waals surface area contributed by atoms with Crippen LogP contribution in [0.25, 0.3) is 0 Å². The van der Waals surface area contributed by atoms with E-state index in [1.54, 1.807) is 0 Å². The summed E-state index contributed by atoms with van der Waals surface area (Å²) in [6.45, 7) is 2.49. The van der Waals surface area contributed by atoms with E-state index in [4.69, 9.17) is 10.5 Å². The second kappa shape index (κ2) is 5.75. The lowest BCUT2D eigenvalue weighted by molar-refractivity contribution is 0.326. The average molecular weight is 229 g/mol. The zero-order chi connectivity index (χ0) is 12.1. The lowest BCUT2D eigenvalue weighted by atomic mass is 9.88. The fourth-order valence-corrected chi connectivity index (χ4v) is 2.25. The molecule has 2 N–H and O–H groups in total. The highest BCUT2D eigenvalue weighted by Crippen LogP contribution is 2.30. The molecule has 2 nitrogen and oxygen atoms in total. The molecule has 0 aromatic heterocycles. The number of hydrogen-bond acceptors (Lipinski definition) is 2. The monoisotopic (exact) mass is 229 g/mol. The number of benzene rings is 1. The Morgan fingerprint density at radius 3 is 3.18 bits per heavy atom. The highest BCUT2D eigenvalue weighted by atomic mass is 16.5. The molecule has 0 bridgehead atoms. The van der Waals surface area contributed by atoms with Gasteiger partial charge in [-0.1, -0.05) is 6.07 Å². The second-order valence-electron chi connectivity index (χ2n) is 4.38. The van der Waals surface area contributed by atoms with Gasteiger partial charge in [-0.3, -0.25) is 0 Å². The van der Waals surface area contributed by atoms with Gasteiger partial charge in [-0.15, -0.1) is 11.8 Å². The van der Waals surface area contributed by atoms with E-state index in [0.717, 1.165) is 25.0 Å². The fourth-order valence-electron chi connectivity index (χ4n) is 2.25. The molecule has 1 aromatic rings. The summed E-state index contributed by atoms with van der Waals surface area (Å²) in [5.74, 6) is 6.77. The van der Waals surface area contributed by atoms with Crippen molar-refractivity contribution in [2.75, 3.05) is 6.61 Å². The van der Waals surface area contributed by atoms with E-state index >= 15 is 0 Å². The molecule has 90 valence electrons. The van der Waals surface area contributed by atoms with Crippen LogP contribution in [-0.2, 0) is 6.42 Å². The van der Waals surface area contributed by atoms with E-state index < -0.39 is 0 Å². The SMILES string of the molecule is CC#CCCOc1ccc2c(c1)C(N)CCC2. The normalized spacial score (nSPS) is 17.9. The molecule has 1 unspecified atom stereocenters. The van der Waals surface area contributed by atoms with Gasteiger partial charge in [0.05, 0.1) is 6.61 Å². The maximum Gasteiger partial charge on any atom is 0.119 e. The minimum absolute atomic E-state index is 0.178. The highest BCUT2D eigenvalue weighted by molar-refractivity contribution is 5.39. The third kappa shape index (κ3) is 3.01. The van der Waals surface area contributed by atoms with Crippen LogP contribution < -0.4 is 10.5 Å². The van der Waals surface area contributed by atoms with E-state index in [-0.39, 0.29) is 6.04 Å². The van der Waals surface area contributed by atoms with Gasteiger partial charge in [0.1, 0.15) is 5.75 Å². The number of ether oxygens (including phenoxy) is 1. The summed E-state index contributed by atoms with van der Waals surface area (Å²) in [6, 6.07) is 6.46. The number of fused-ring (bicyclic) bond motifs is 1. The molecular formula is C15H19NO. The Kier molecular flexibility index (Phi) is 4.06. The van der Waals surface area contributed by atoms with Crippen LogP contribution in [0.4, 0.5) is 0 Å². The molecule has 1 aliphatic carbocycles. The van der Waals surface area contributed by atoms with E-state index in [9.17, 15) is 0 Å². The third-order valence-corrected chi connectivity index (χ3v) is 3.15. The van der Waals surface area contributed by atoms with Gasteiger partial charge in [-0.05, 0) is 49.4 Å². The van der Waals surface area contributed by atoms with Crippen molar-refractivity contribution in [3.05, 3.63) is 29.3 Å². The largest absolute Gasteiger partial charge is 0.493 e. The van der Waals surface area contributed by atoms with Gasteiger partial charge in [0.15, 0.2) is 0 Å².